The van der Waals surface area contributed by atoms with Crippen LogP contribution in [0.3, 0.4) is 0 Å². The minimum absolute atomic E-state index is 0.124. The van der Waals surface area contributed by atoms with Crippen molar-refractivity contribution in [1.82, 2.24) is 4.98 Å². The maximum Gasteiger partial charge on any atom is 0.191 e. The molecule has 0 radical (unpaired) electrons. The van der Waals surface area contributed by atoms with E-state index < -0.39 is 0 Å². The van der Waals surface area contributed by atoms with E-state index in [0.29, 0.717) is 0 Å². The van der Waals surface area contributed by atoms with Crippen molar-refractivity contribution in [2.45, 2.75) is 45.1 Å². The van der Waals surface area contributed by atoms with Crippen LogP contribution < -0.4 is 5.73 Å². The number of oxazole rings is 1. The molecule has 0 saturated heterocycles. The summed E-state index contributed by atoms with van der Waals surface area (Å²) in [5, 5.41) is 0. The number of aryl methyl sites for hydroxylation is 3. The van der Waals surface area contributed by atoms with Gasteiger partial charge in [-0.25, -0.2) is 4.98 Å². The fraction of sp³-hybridized carbons (Fsp3) is 0.700. The number of hydrogen-bond acceptors (Lipinski definition) is 3. The van der Waals surface area contributed by atoms with Gasteiger partial charge < -0.3 is 10.2 Å². The third-order valence-corrected chi connectivity index (χ3v) is 2.75. The lowest BCUT2D eigenvalue weighted by atomic mass is 10.1. The van der Waals surface area contributed by atoms with Gasteiger partial charge in [-0.2, -0.15) is 0 Å². The predicted octanol–water partition coefficient (Wildman–Crippen LogP) is 1.72. The van der Waals surface area contributed by atoms with Crippen molar-refractivity contribution in [3.63, 3.8) is 0 Å². The van der Waals surface area contributed by atoms with Gasteiger partial charge >= 0.3 is 0 Å². The quantitative estimate of drug-likeness (QED) is 0.770. The lowest BCUT2D eigenvalue weighted by Crippen LogP contribution is -2.22. The molecule has 0 aromatic carbocycles. The molecule has 1 aromatic heterocycles. The first-order valence-electron chi connectivity index (χ1n) is 4.81. The zero-order chi connectivity index (χ0) is 9.47. The van der Waals surface area contributed by atoms with Gasteiger partial charge in [0, 0.05) is 12.5 Å². The molecule has 0 amide bonds. The van der Waals surface area contributed by atoms with Crippen molar-refractivity contribution in [3.8, 4) is 0 Å². The van der Waals surface area contributed by atoms with Gasteiger partial charge in [0.2, 0.25) is 0 Å². The summed E-state index contributed by atoms with van der Waals surface area (Å²) in [6.07, 6.45) is 4.34. The fourth-order valence-corrected chi connectivity index (χ4v) is 1.58. The molecule has 0 bridgehead atoms. The smallest absolute Gasteiger partial charge is 0.191 e. The lowest BCUT2D eigenvalue weighted by Gasteiger charge is -2.05. The second kappa shape index (κ2) is 2.84. The van der Waals surface area contributed by atoms with Gasteiger partial charge in [-0.05, 0) is 32.6 Å². The predicted molar refractivity (Wildman–Crippen MR) is 50.5 cm³/mol. The SMILES string of the molecule is Cc1nc(CCC2(N)CC2)c(C)o1. The lowest BCUT2D eigenvalue weighted by molar-refractivity contribution is 0.491. The summed E-state index contributed by atoms with van der Waals surface area (Å²) >= 11 is 0. The highest BCUT2D eigenvalue weighted by molar-refractivity contribution is 5.10. The van der Waals surface area contributed by atoms with Crippen LogP contribution in [-0.4, -0.2) is 10.5 Å². The molecule has 1 saturated carbocycles. The minimum Gasteiger partial charge on any atom is -0.446 e. The van der Waals surface area contributed by atoms with Crippen LogP contribution >= 0.6 is 0 Å². The van der Waals surface area contributed by atoms with Crippen molar-refractivity contribution in [1.29, 1.82) is 0 Å². The van der Waals surface area contributed by atoms with Crippen LogP contribution in [0, 0.1) is 13.8 Å². The Bertz CT molecular complexity index is 313. The van der Waals surface area contributed by atoms with Crippen LogP contribution in [0.2, 0.25) is 0 Å². The Hall–Kier alpha value is -0.830. The molecule has 1 fully saturated rings. The number of nitrogens with two attached hydrogens (primary N) is 1. The molecule has 1 aliphatic rings. The first-order chi connectivity index (χ1) is 6.09. The Morgan fingerprint density at radius 2 is 2.15 bits per heavy atom. The van der Waals surface area contributed by atoms with E-state index in [0.717, 1.165) is 30.2 Å². The normalized spacial score (nSPS) is 19.0. The van der Waals surface area contributed by atoms with Gasteiger partial charge in [0.1, 0.15) is 5.76 Å². The second-order valence-electron chi connectivity index (χ2n) is 4.10. The second-order valence-corrected chi connectivity index (χ2v) is 4.10. The van der Waals surface area contributed by atoms with Crippen LogP contribution in [0.15, 0.2) is 4.42 Å². The van der Waals surface area contributed by atoms with Crippen molar-refractivity contribution >= 4 is 0 Å². The summed E-state index contributed by atoms with van der Waals surface area (Å²) in [6.45, 7) is 3.84. The van der Waals surface area contributed by atoms with Gasteiger partial charge in [0.15, 0.2) is 5.89 Å². The largest absolute Gasteiger partial charge is 0.446 e. The zero-order valence-electron chi connectivity index (χ0n) is 8.26. The molecule has 1 aliphatic carbocycles. The van der Waals surface area contributed by atoms with E-state index in [1.54, 1.807) is 0 Å². The molecule has 0 atom stereocenters. The summed E-state index contributed by atoms with van der Waals surface area (Å²) in [5.41, 5.74) is 7.20. The maximum atomic E-state index is 5.99. The Morgan fingerprint density at radius 3 is 2.62 bits per heavy atom. The van der Waals surface area contributed by atoms with E-state index >= 15 is 0 Å². The van der Waals surface area contributed by atoms with E-state index in [1.165, 1.54) is 12.8 Å². The highest BCUT2D eigenvalue weighted by Crippen LogP contribution is 2.36. The van der Waals surface area contributed by atoms with E-state index in [1.807, 2.05) is 13.8 Å². The average molecular weight is 180 g/mol. The molecular weight excluding hydrogens is 164 g/mol. The van der Waals surface area contributed by atoms with E-state index in [4.69, 9.17) is 10.2 Å². The molecule has 3 heteroatoms. The Labute approximate surface area is 78.3 Å². The van der Waals surface area contributed by atoms with Crippen molar-refractivity contribution in [2.24, 2.45) is 5.73 Å². The molecule has 1 aromatic rings. The molecule has 2 rings (SSSR count). The first-order valence-corrected chi connectivity index (χ1v) is 4.81. The number of rotatable bonds is 3. The van der Waals surface area contributed by atoms with Crippen LogP contribution in [-0.2, 0) is 6.42 Å². The Kier molecular flexibility index (Phi) is 1.91. The Morgan fingerprint density at radius 1 is 1.46 bits per heavy atom. The van der Waals surface area contributed by atoms with Crippen molar-refractivity contribution in [2.75, 3.05) is 0 Å². The molecule has 0 spiro atoms. The number of nitrogens with zero attached hydrogens (tertiary/aromatic N) is 1. The molecule has 13 heavy (non-hydrogen) atoms. The molecule has 2 N–H and O–H groups in total. The van der Waals surface area contributed by atoms with Crippen LogP contribution in [0.5, 0.6) is 0 Å². The van der Waals surface area contributed by atoms with Crippen LogP contribution in [0.25, 0.3) is 0 Å². The van der Waals surface area contributed by atoms with Crippen molar-refractivity contribution in [3.05, 3.63) is 17.3 Å². The molecule has 0 unspecified atom stereocenters. The third kappa shape index (κ3) is 1.91. The van der Waals surface area contributed by atoms with Gasteiger partial charge in [0.25, 0.3) is 0 Å². The zero-order valence-corrected chi connectivity index (χ0v) is 8.26. The average Bonchev–Trinajstić information content (AvgIpc) is 2.69. The van der Waals surface area contributed by atoms with Gasteiger partial charge in [-0.1, -0.05) is 0 Å². The van der Waals surface area contributed by atoms with Gasteiger partial charge in [-0.15, -0.1) is 0 Å². The monoisotopic (exact) mass is 180 g/mol. The standard InChI is InChI=1S/C10H16N2O/c1-7-9(12-8(2)13-7)3-4-10(11)5-6-10/h3-6,11H2,1-2H3. The topological polar surface area (TPSA) is 52.0 Å². The highest BCUT2D eigenvalue weighted by Gasteiger charge is 2.37. The van der Waals surface area contributed by atoms with Crippen LogP contribution in [0.4, 0.5) is 0 Å². The summed E-state index contributed by atoms with van der Waals surface area (Å²) in [4.78, 5) is 4.32. The van der Waals surface area contributed by atoms with Gasteiger partial charge in [-0.3, -0.25) is 0 Å². The molecular formula is C10H16N2O. The summed E-state index contributed by atoms with van der Waals surface area (Å²) in [7, 11) is 0. The molecule has 3 nitrogen and oxygen atoms in total. The van der Waals surface area contributed by atoms with E-state index in [-0.39, 0.29) is 5.54 Å². The summed E-state index contributed by atoms with van der Waals surface area (Å²) < 4.78 is 5.35. The maximum absolute atomic E-state index is 5.99. The summed E-state index contributed by atoms with van der Waals surface area (Å²) in [5.74, 6) is 1.70. The fourth-order valence-electron chi connectivity index (χ4n) is 1.58. The highest BCUT2D eigenvalue weighted by atomic mass is 16.4. The number of aromatic nitrogens is 1. The molecule has 1 heterocycles. The number of hydrogen-bond donors (Lipinski definition) is 1. The third-order valence-electron chi connectivity index (χ3n) is 2.75. The van der Waals surface area contributed by atoms with E-state index in [2.05, 4.69) is 4.98 Å². The Balaban J connectivity index is 1.97. The van der Waals surface area contributed by atoms with E-state index in [9.17, 15) is 0 Å². The van der Waals surface area contributed by atoms with Crippen LogP contribution in [0.1, 0.15) is 36.6 Å². The minimum atomic E-state index is 0.124. The molecule has 0 aliphatic heterocycles. The summed E-state index contributed by atoms with van der Waals surface area (Å²) in [6, 6.07) is 0. The van der Waals surface area contributed by atoms with Crippen molar-refractivity contribution < 1.29 is 4.42 Å². The van der Waals surface area contributed by atoms with Gasteiger partial charge in [0.05, 0.1) is 5.69 Å². The molecule has 72 valence electrons. The first kappa shape index (κ1) is 8.75.